The maximum atomic E-state index is 11.8. The molecule has 1 atom stereocenters. The van der Waals surface area contributed by atoms with Gasteiger partial charge in [-0.2, -0.15) is 0 Å². The van der Waals surface area contributed by atoms with Gasteiger partial charge in [0.15, 0.2) is 0 Å². The molecule has 98 valence electrons. The van der Waals surface area contributed by atoms with Crippen LogP contribution in [0.4, 0.5) is 5.69 Å². The molecule has 0 saturated carbocycles. The maximum absolute atomic E-state index is 11.8. The van der Waals surface area contributed by atoms with Crippen molar-refractivity contribution in [1.29, 1.82) is 0 Å². The minimum atomic E-state index is -0.274. The number of para-hydroxylation sites is 1. The van der Waals surface area contributed by atoms with Crippen molar-refractivity contribution >= 4 is 11.7 Å². The molecule has 1 heterocycles. The molecule has 0 bridgehead atoms. The van der Waals surface area contributed by atoms with E-state index in [1.165, 1.54) is 7.11 Å². The summed E-state index contributed by atoms with van der Waals surface area (Å²) < 4.78 is 4.83. The minimum Gasteiger partial charge on any atom is -0.465 e. The van der Waals surface area contributed by atoms with E-state index in [0.29, 0.717) is 5.56 Å². The Morgan fingerprint density at radius 2 is 2.17 bits per heavy atom. The number of hydrogen-bond donors (Lipinski definition) is 1. The number of hydrogen-bond acceptors (Lipinski definition) is 4. The minimum absolute atomic E-state index is 0.114. The molecule has 1 unspecified atom stereocenters. The van der Waals surface area contributed by atoms with E-state index in [1.807, 2.05) is 31.3 Å². The third kappa shape index (κ3) is 2.34. The molecule has 1 aliphatic heterocycles. The molecule has 0 aromatic heterocycles. The molecule has 1 N–H and O–H groups in total. The highest BCUT2D eigenvalue weighted by atomic mass is 16.5. The number of esters is 1. The topological polar surface area (TPSA) is 41.6 Å². The van der Waals surface area contributed by atoms with Gasteiger partial charge in [0.2, 0.25) is 0 Å². The molecule has 2 rings (SSSR count). The summed E-state index contributed by atoms with van der Waals surface area (Å²) in [4.78, 5) is 14.0. The molecule has 0 aliphatic carbocycles. The molecule has 1 aromatic rings. The Hall–Kier alpha value is -1.55. The summed E-state index contributed by atoms with van der Waals surface area (Å²) in [6.07, 6.45) is 1.07. The highest BCUT2D eigenvalue weighted by molar-refractivity contribution is 5.95. The zero-order valence-corrected chi connectivity index (χ0v) is 11.2. The number of benzene rings is 1. The lowest BCUT2D eigenvalue weighted by Crippen LogP contribution is -2.42. The second-order valence-corrected chi connectivity index (χ2v) is 4.99. The summed E-state index contributed by atoms with van der Waals surface area (Å²) in [6.45, 7) is 4.05. The van der Waals surface area contributed by atoms with E-state index in [4.69, 9.17) is 4.74 Å². The van der Waals surface area contributed by atoms with Crippen molar-refractivity contribution in [3.63, 3.8) is 0 Å². The second kappa shape index (κ2) is 4.98. The third-order valence-corrected chi connectivity index (χ3v) is 3.73. The van der Waals surface area contributed by atoms with Crippen LogP contribution in [0.5, 0.6) is 0 Å². The zero-order valence-electron chi connectivity index (χ0n) is 11.2. The normalized spacial score (nSPS) is 23.2. The van der Waals surface area contributed by atoms with Crippen molar-refractivity contribution in [3.05, 3.63) is 29.8 Å². The number of ether oxygens (including phenoxy) is 1. The van der Waals surface area contributed by atoms with E-state index in [2.05, 4.69) is 17.1 Å². The Bertz CT molecular complexity index is 447. The van der Waals surface area contributed by atoms with Crippen molar-refractivity contribution in [3.8, 4) is 0 Å². The van der Waals surface area contributed by atoms with Gasteiger partial charge in [0.25, 0.3) is 0 Å². The van der Waals surface area contributed by atoms with E-state index in [0.717, 1.165) is 25.2 Å². The zero-order chi connectivity index (χ0) is 13.2. The van der Waals surface area contributed by atoms with Crippen molar-refractivity contribution in [2.45, 2.75) is 18.9 Å². The van der Waals surface area contributed by atoms with E-state index in [-0.39, 0.29) is 11.5 Å². The van der Waals surface area contributed by atoms with Crippen molar-refractivity contribution < 1.29 is 9.53 Å². The van der Waals surface area contributed by atoms with Gasteiger partial charge in [-0.1, -0.05) is 12.1 Å². The molecule has 0 amide bonds. The van der Waals surface area contributed by atoms with Gasteiger partial charge < -0.3 is 15.0 Å². The number of carbonyl (C=O) groups is 1. The lowest BCUT2D eigenvalue weighted by atomic mass is 10.0. The standard InChI is InChI=1S/C14H20N2O2/c1-14(15-2)8-9-16(10-14)12-7-5-4-6-11(12)13(17)18-3/h4-7,15H,8-10H2,1-3H3. The summed E-state index contributed by atoms with van der Waals surface area (Å²) in [5.74, 6) is -0.274. The fourth-order valence-corrected chi connectivity index (χ4v) is 2.40. The van der Waals surface area contributed by atoms with Gasteiger partial charge in [-0.15, -0.1) is 0 Å². The smallest absolute Gasteiger partial charge is 0.339 e. The average Bonchev–Trinajstić information content (AvgIpc) is 2.81. The molecule has 0 radical (unpaired) electrons. The lowest BCUT2D eigenvalue weighted by Gasteiger charge is -2.26. The molecule has 1 aromatic carbocycles. The van der Waals surface area contributed by atoms with Crippen molar-refractivity contribution in [2.75, 3.05) is 32.1 Å². The molecule has 18 heavy (non-hydrogen) atoms. The van der Waals surface area contributed by atoms with Crippen LogP contribution in [0.1, 0.15) is 23.7 Å². The number of anilines is 1. The number of nitrogens with one attached hydrogen (secondary N) is 1. The fourth-order valence-electron chi connectivity index (χ4n) is 2.40. The molecule has 1 saturated heterocycles. The summed E-state index contributed by atoms with van der Waals surface area (Å²) in [5.41, 5.74) is 1.71. The maximum Gasteiger partial charge on any atom is 0.339 e. The van der Waals surface area contributed by atoms with Gasteiger partial charge in [0.05, 0.1) is 18.4 Å². The third-order valence-electron chi connectivity index (χ3n) is 3.73. The summed E-state index contributed by atoms with van der Waals surface area (Å²) in [5, 5.41) is 3.34. The van der Waals surface area contributed by atoms with Crippen LogP contribution in [-0.2, 0) is 4.74 Å². The predicted octanol–water partition coefficient (Wildman–Crippen LogP) is 1.66. The first-order valence-electron chi connectivity index (χ1n) is 6.21. The van der Waals surface area contributed by atoms with Crippen LogP contribution in [0.25, 0.3) is 0 Å². The number of methoxy groups -OCH3 is 1. The molecule has 0 spiro atoms. The van der Waals surface area contributed by atoms with E-state index < -0.39 is 0 Å². The van der Waals surface area contributed by atoms with Crippen LogP contribution in [0.15, 0.2) is 24.3 Å². The summed E-state index contributed by atoms with van der Waals surface area (Å²) in [7, 11) is 3.40. The molecule has 4 heteroatoms. The average molecular weight is 248 g/mol. The Balaban J connectivity index is 2.27. The van der Waals surface area contributed by atoms with Crippen LogP contribution in [0.3, 0.4) is 0 Å². The number of nitrogens with zero attached hydrogens (tertiary/aromatic N) is 1. The predicted molar refractivity (Wildman–Crippen MR) is 72.1 cm³/mol. The van der Waals surface area contributed by atoms with Crippen LogP contribution in [0.2, 0.25) is 0 Å². The van der Waals surface area contributed by atoms with Gasteiger partial charge in [-0.3, -0.25) is 0 Å². The Kier molecular flexibility index (Phi) is 3.57. The first-order valence-corrected chi connectivity index (χ1v) is 6.21. The van der Waals surface area contributed by atoms with Crippen LogP contribution < -0.4 is 10.2 Å². The fraction of sp³-hybridized carbons (Fsp3) is 0.500. The summed E-state index contributed by atoms with van der Waals surface area (Å²) in [6, 6.07) is 7.61. The van der Waals surface area contributed by atoms with Crippen LogP contribution in [-0.4, -0.2) is 38.8 Å². The van der Waals surface area contributed by atoms with E-state index in [9.17, 15) is 4.79 Å². The summed E-state index contributed by atoms with van der Waals surface area (Å²) >= 11 is 0. The largest absolute Gasteiger partial charge is 0.465 e. The first-order chi connectivity index (χ1) is 8.59. The van der Waals surface area contributed by atoms with E-state index in [1.54, 1.807) is 0 Å². The molecule has 4 nitrogen and oxygen atoms in total. The van der Waals surface area contributed by atoms with E-state index >= 15 is 0 Å². The Morgan fingerprint density at radius 3 is 2.78 bits per heavy atom. The first kappa shape index (κ1) is 12.9. The van der Waals surface area contributed by atoms with Gasteiger partial charge >= 0.3 is 5.97 Å². The van der Waals surface area contributed by atoms with Crippen molar-refractivity contribution in [1.82, 2.24) is 5.32 Å². The number of carbonyl (C=O) groups excluding carboxylic acids is 1. The van der Waals surface area contributed by atoms with Gasteiger partial charge in [-0.25, -0.2) is 4.79 Å². The van der Waals surface area contributed by atoms with Gasteiger partial charge in [0.1, 0.15) is 0 Å². The molecular formula is C14H20N2O2. The Labute approximate surface area is 108 Å². The highest BCUT2D eigenvalue weighted by Crippen LogP contribution is 2.29. The lowest BCUT2D eigenvalue weighted by molar-refractivity contribution is 0.0601. The number of rotatable bonds is 3. The quantitative estimate of drug-likeness (QED) is 0.826. The monoisotopic (exact) mass is 248 g/mol. The van der Waals surface area contributed by atoms with Crippen LogP contribution in [0, 0.1) is 0 Å². The molecule has 1 aliphatic rings. The number of likely N-dealkylation sites (N-methyl/N-ethyl adjacent to an activating group) is 1. The van der Waals surface area contributed by atoms with Gasteiger partial charge in [-0.05, 0) is 32.5 Å². The van der Waals surface area contributed by atoms with Crippen molar-refractivity contribution in [2.24, 2.45) is 0 Å². The SMILES string of the molecule is CNC1(C)CCN(c2ccccc2C(=O)OC)C1. The highest BCUT2D eigenvalue weighted by Gasteiger charge is 2.33. The molecule has 1 fully saturated rings. The second-order valence-electron chi connectivity index (χ2n) is 4.99. The van der Waals surface area contributed by atoms with Crippen LogP contribution >= 0.6 is 0 Å². The molecular weight excluding hydrogens is 228 g/mol. The Morgan fingerprint density at radius 1 is 1.44 bits per heavy atom. The van der Waals surface area contributed by atoms with Gasteiger partial charge in [0, 0.05) is 18.6 Å².